The van der Waals surface area contributed by atoms with Crippen LogP contribution in [-0.4, -0.2) is 63.1 Å². The van der Waals surface area contributed by atoms with E-state index in [0.717, 1.165) is 62.1 Å². The number of carbonyl (C=O) groups is 3. The van der Waals surface area contributed by atoms with E-state index in [1.807, 2.05) is 0 Å². The summed E-state index contributed by atoms with van der Waals surface area (Å²) >= 11 is 3.46. The minimum absolute atomic E-state index is 0. The van der Waals surface area contributed by atoms with Gasteiger partial charge in [0, 0.05) is 24.6 Å². The average molecular weight is 1120 g/mol. The van der Waals surface area contributed by atoms with Gasteiger partial charge in [-0.05, 0) is 43.9 Å². The van der Waals surface area contributed by atoms with Crippen LogP contribution in [0.3, 0.4) is 0 Å². The number of alkyl halides is 1. The maximum Gasteiger partial charge on any atom is 2.00 e. The van der Waals surface area contributed by atoms with Crippen LogP contribution in [0.4, 0.5) is 0 Å². The van der Waals surface area contributed by atoms with Gasteiger partial charge in [-0.3, -0.25) is 14.4 Å². The van der Waals surface area contributed by atoms with Crippen molar-refractivity contribution in [2.24, 2.45) is 11.8 Å². The molecule has 0 aliphatic carbocycles. The van der Waals surface area contributed by atoms with Gasteiger partial charge in [0.2, 0.25) is 0 Å². The molecule has 1 fully saturated rings. The average Bonchev–Trinajstić information content (AvgIpc) is 3.29. The van der Waals surface area contributed by atoms with E-state index in [4.69, 9.17) is 14.9 Å². The number of cyclic esters (lactones) is 1. The quantitative estimate of drug-likeness (QED) is 0.0213. The maximum absolute atomic E-state index is 11.4. The Labute approximate surface area is 466 Å². The molecular formula is C60H118Br2MgO6. The second-order valence-corrected chi connectivity index (χ2v) is 21.8. The molecule has 0 radical (unpaired) electrons. The Morgan fingerprint density at radius 2 is 0.710 bits per heavy atom. The van der Waals surface area contributed by atoms with E-state index in [1.54, 1.807) is 0 Å². The molecule has 1 heterocycles. The van der Waals surface area contributed by atoms with Gasteiger partial charge in [0.1, 0.15) is 0 Å². The van der Waals surface area contributed by atoms with Crippen LogP contribution in [0.15, 0.2) is 0 Å². The van der Waals surface area contributed by atoms with Gasteiger partial charge < -0.3 is 38.9 Å². The number of unbranched alkanes of at least 4 members (excludes halogenated alkanes) is 27. The van der Waals surface area contributed by atoms with Crippen molar-refractivity contribution in [3.63, 3.8) is 0 Å². The second kappa shape index (κ2) is 70.2. The minimum atomic E-state index is -0.656. The van der Waals surface area contributed by atoms with Crippen molar-refractivity contribution in [3.05, 3.63) is 6.92 Å². The number of hydrogen-bond acceptors (Lipinski definition) is 4. The third kappa shape index (κ3) is 85.2. The summed E-state index contributed by atoms with van der Waals surface area (Å²) < 4.78 is 5.23. The Balaban J connectivity index is -0.000000278. The summed E-state index contributed by atoms with van der Waals surface area (Å²) in [4.78, 5) is 32.1. The van der Waals surface area contributed by atoms with Crippen LogP contribution in [0, 0.1) is 18.8 Å². The van der Waals surface area contributed by atoms with E-state index in [-0.39, 0.29) is 46.0 Å². The Kier molecular flexibility index (Phi) is 79.4. The fraction of sp³-hybridized carbons (Fsp3) is 0.933. The van der Waals surface area contributed by atoms with Gasteiger partial charge >= 0.3 is 41.0 Å². The number of halogens is 2. The number of carboxylic acid groups (broad SMARTS) is 2. The summed E-state index contributed by atoms with van der Waals surface area (Å²) in [6.45, 7) is 13.4. The standard InChI is InChI=1S/C22H44O2.C16H31BrO2.C16H30O2.C6H13.BrH.Mg/c1-21(2)19-17-15-13-11-9-7-5-3-4-6-8-10-12-14-16-18-20-22(23)24;17-15-13-11-9-7-5-3-1-2-4-6-8-10-12-14-16(18)19;17-16-14-12-10-8-6-4-2-1-3-5-7-9-11-13-15-18-16;1-4-5-6(2)3;;/h21H,3-20H2,1-2H3,(H,23,24);1-15H2,(H,18,19);1-15H2;6H,1,4-5H2,2-3H3;1H;/q;;;-1;;+2/p-1. The molecule has 0 amide bonds. The van der Waals surface area contributed by atoms with Gasteiger partial charge in [0.15, 0.2) is 0 Å². The Morgan fingerprint density at radius 1 is 0.449 bits per heavy atom. The Bertz CT molecular complexity index is 948. The van der Waals surface area contributed by atoms with Crippen LogP contribution in [0.2, 0.25) is 0 Å². The number of carboxylic acids is 2. The predicted molar refractivity (Wildman–Crippen MR) is 302 cm³/mol. The summed E-state index contributed by atoms with van der Waals surface area (Å²) in [6, 6.07) is 0. The first-order valence-electron chi connectivity index (χ1n) is 29.5. The fourth-order valence-corrected chi connectivity index (χ4v) is 9.00. The van der Waals surface area contributed by atoms with Crippen molar-refractivity contribution in [2.75, 3.05) is 11.9 Å². The largest absolute Gasteiger partial charge is 2.00 e. The number of rotatable bonds is 36. The summed E-state index contributed by atoms with van der Waals surface area (Å²) in [5.41, 5.74) is 0. The smallest absolute Gasteiger partial charge is 1.00 e. The van der Waals surface area contributed by atoms with E-state index < -0.39 is 11.9 Å². The molecule has 2 N–H and O–H groups in total. The fourth-order valence-electron chi connectivity index (χ4n) is 8.60. The summed E-state index contributed by atoms with van der Waals surface area (Å²) in [6.07, 6.45) is 60.1. The van der Waals surface area contributed by atoms with Crippen LogP contribution in [0.25, 0.3) is 0 Å². The van der Waals surface area contributed by atoms with Crippen molar-refractivity contribution in [3.8, 4) is 0 Å². The third-order valence-electron chi connectivity index (χ3n) is 13.0. The zero-order chi connectivity index (χ0) is 49.9. The normalized spacial score (nSPS) is 13.8. The molecule has 0 aromatic rings. The molecule has 0 saturated carbocycles. The zero-order valence-electron chi connectivity index (χ0n) is 46.7. The Morgan fingerprint density at radius 3 is 0.971 bits per heavy atom. The molecule has 9 heteroatoms. The van der Waals surface area contributed by atoms with E-state index in [9.17, 15) is 14.4 Å². The number of carbonyl (C=O) groups excluding carboxylic acids is 1. The first kappa shape index (κ1) is 78.0. The molecule has 69 heavy (non-hydrogen) atoms. The van der Waals surface area contributed by atoms with Crippen LogP contribution in [0.1, 0.15) is 336 Å². The van der Waals surface area contributed by atoms with Crippen molar-refractivity contribution in [1.29, 1.82) is 0 Å². The topological polar surface area (TPSA) is 101 Å². The summed E-state index contributed by atoms with van der Waals surface area (Å²) in [5, 5.41) is 18.2. The molecule has 1 saturated heterocycles. The maximum atomic E-state index is 11.4. The van der Waals surface area contributed by atoms with Crippen molar-refractivity contribution < 1.29 is 46.3 Å². The molecule has 0 bridgehead atoms. The second-order valence-electron chi connectivity index (χ2n) is 21.0. The molecule has 6 nitrogen and oxygen atoms in total. The van der Waals surface area contributed by atoms with E-state index in [0.29, 0.717) is 25.9 Å². The van der Waals surface area contributed by atoms with E-state index in [2.05, 4.69) is 50.5 Å². The van der Waals surface area contributed by atoms with Crippen molar-refractivity contribution in [1.82, 2.24) is 0 Å². The van der Waals surface area contributed by atoms with Gasteiger partial charge in [0.25, 0.3) is 0 Å². The van der Waals surface area contributed by atoms with Gasteiger partial charge in [-0.1, -0.05) is 294 Å². The van der Waals surface area contributed by atoms with Crippen molar-refractivity contribution >= 4 is 56.9 Å². The summed E-state index contributed by atoms with van der Waals surface area (Å²) in [7, 11) is 0. The SMILES string of the molecule is CC(C)CCCCCCCCCCCCCCCCCCC(=O)O.O=C(O)CCCCCCCCCCCCCCCBr.O=C1CCCCCCCCCCCCCCCO1.[Br-].[CH2-]CCC(C)C.[Mg+2]. The molecule has 1 aliphatic rings. The number of aliphatic carboxylic acids is 2. The molecular weight excluding hydrogens is 1000 g/mol. The van der Waals surface area contributed by atoms with Gasteiger partial charge in [-0.15, -0.1) is 0 Å². The van der Waals surface area contributed by atoms with Crippen LogP contribution < -0.4 is 17.0 Å². The zero-order valence-corrected chi connectivity index (χ0v) is 51.3. The first-order chi connectivity index (χ1) is 32.6. The summed E-state index contributed by atoms with van der Waals surface area (Å²) in [5.74, 6) is 0.418. The molecule has 1 rings (SSSR count). The number of esters is 1. The van der Waals surface area contributed by atoms with Gasteiger partial charge in [0.05, 0.1) is 6.61 Å². The minimum Gasteiger partial charge on any atom is -1.00 e. The molecule has 0 unspecified atom stereocenters. The van der Waals surface area contributed by atoms with Crippen LogP contribution in [-0.2, 0) is 19.1 Å². The molecule has 0 spiro atoms. The number of hydrogen-bond donors (Lipinski definition) is 2. The van der Waals surface area contributed by atoms with E-state index in [1.165, 1.54) is 244 Å². The molecule has 410 valence electrons. The van der Waals surface area contributed by atoms with Gasteiger partial charge in [-0.2, -0.15) is 6.42 Å². The Hall–Kier alpha value is 0.136. The monoisotopic (exact) mass is 1120 g/mol. The van der Waals surface area contributed by atoms with Gasteiger partial charge in [-0.25, -0.2) is 0 Å². The predicted octanol–water partition coefficient (Wildman–Crippen LogP) is 17.6. The number of ether oxygens (including phenoxy) is 1. The van der Waals surface area contributed by atoms with Crippen LogP contribution in [0.5, 0.6) is 0 Å². The van der Waals surface area contributed by atoms with Crippen LogP contribution >= 0.6 is 15.9 Å². The van der Waals surface area contributed by atoms with E-state index >= 15 is 0 Å². The molecule has 1 aliphatic heterocycles. The molecule has 0 aromatic carbocycles. The third-order valence-corrected chi connectivity index (χ3v) is 13.6. The molecule has 0 aromatic heterocycles. The molecule has 0 atom stereocenters. The first-order valence-corrected chi connectivity index (χ1v) is 30.6. The van der Waals surface area contributed by atoms with Crippen molar-refractivity contribution in [2.45, 2.75) is 336 Å².